The molecule has 0 unspecified atom stereocenters. The Balaban J connectivity index is 1.79. The van der Waals surface area contributed by atoms with Gasteiger partial charge in [-0.1, -0.05) is 32.9 Å². The molecule has 0 bridgehead atoms. The van der Waals surface area contributed by atoms with Crippen molar-refractivity contribution in [1.82, 2.24) is 4.90 Å². The van der Waals surface area contributed by atoms with Gasteiger partial charge in [0, 0.05) is 31.7 Å². The van der Waals surface area contributed by atoms with Gasteiger partial charge in [0.05, 0.1) is 7.11 Å². The number of likely N-dealkylation sites (tertiary alicyclic amines) is 1. The van der Waals surface area contributed by atoms with Crippen molar-refractivity contribution in [3.8, 4) is 5.75 Å². The SMILES string of the molecule is COc1ccc(CN2CC([C@@H](C)O[Si](C)(C)C(C)(C)C)C2)cc1. The zero-order valence-corrected chi connectivity index (χ0v) is 16.8. The molecular weight excluding hydrogens is 302 g/mol. The summed E-state index contributed by atoms with van der Waals surface area (Å²) in [6.45, 7) is 17.2. The summed E-state index contributed by atoms with van der Waals surface area (Å²) < 4.78 is 11.7. The van der Waals surface area contributed by atoms with Gasteiger partial charge in [0.1, 0.15) is 5.75 Å². The fourth-order valence-corrected chi connectivity index (χ4v) is 4.24. The molecule has 1 fully saturated rings. The molecule has 1 heterocycles. The summed E-state index contributed by atoms with van der Waals surface area (Å²) in [5.41, 5.74) is 1.35. The van der Waals surface area contributed by atoms with E-state index < -0.39 is 8.32 Å². The number of hydrogen-bond donors (Lipinski definition) is 0. The van der Waals surface area contributed by atoms with Gasteiger partial charge < -0.3 is 9.16 Å². The largest absolute Gasteiger partial charge is 0.497 e. The van der Waals surface area contributed by atoms with Crippen molar-refractivity contribution in [3.63, 3.8) is 0 Å². The maximum Gasteiger partial charge on any atom is 0.192 e. The van der Waals surface area contributed by atoms with Crippen molar-refractivity contribution in [3.05, 3.63) is 29.8 Å². The average Bonchev–Trinajstić information content (AvgIpc) is 2.41. The van der Waals surface area contributed by atoms with Crippen LogP contribution in [0.5, 0.6) is 5.75 Å². The quantitative estimate of drug-likeness (QED) is 0.713. The minimum Gasteiger partial charge on any atom is -0.497 e. The van der Waals surface area contributed by atoms with Crippen LogP contribution in [0.4, 0.5) is 0 Å². The summed E-state index contributed by atoms with van der Waals surface area (Å²) in [5.74, 6) is 1.59. The third-order valence-corrected chi connectivity index (χ3v) is 10.1. The second kappa shape index (κ2) is 6.95. The average molecular weight is 336 g/mol. The number of benzene rings is 1. The smallest absolute Gasteiger partial charge is 0.192 e. The van der Waals surface area contributed by atoms with Crippen LogP contribution < -0.4 is 4.74 Å². The molecule has 1 aliphatic rings. The van der Waals surface area contributed by atoms with E-state index in [4.69, 9.17) is 9.16 Å². The lowest BCUT2D eigenvalue weighted by Crippen LogP contribution is -2.54. The van der Waals surface area contributed by atoms with Crippen molar-refractivity contribution < 1.29 is 9.16 Å². The van der Waals surface area contributed by atoms with Gasteiger partial charge in [0.15, 0.2) is 8.32 Å². The van der Waals surface area contributed by atoms with Gasteiger partial charge in [0.25, 0.3) is 0 Å². The first kappa shape index (κ1) is 18.5. The highest BCUT2D eigenvalue weighted by molar-refractivity contribution is 6.74. The van der Waals surface area contributed by atoms with E-state index >= 15 is 0 Å². The van der Waals surface area contributed by atoms with Crippen LogP contribution in [0.15, 0.2) is 24.3 Å². The molecular formula is C19H33NO2Si. The molecule has 4 heteroatoms. The van der Waals surface area contributed by atoms with E-state index in [1.54, 1.807) is 7.11 Å². The Morgan fingerprint density at radius 2 is 1.74 bits per heavy atom. The number of rotatable bonds is 6. The molecule has 0 N–H and O–H groups in total. The van der Waals surface area contributed by atoms with Gasteiger partial charge in [-0.15, -0.1) is 0 Å². The second-order valence-electron chi connectivity index (χ2n) is 8.39. The number of hydrogen-bond acceptors (Lipinski definition) is 3. The standard InChI is InChI=1S/C19H33NO2Si/c1-15(22-23(6,7)19(2,3)4)17-13-20(14-17)12-16-8-10-18(21-5)11-9-16/h8-11,15,17H,12-14H2,1-7H3/t15-/m1/s1. The van der Waals surface area contributed by atoms with Crippen LogP contribution in [0.3, 0.4) is 0 Å². The molecule has 1 aromatic rings. The second-order valence-corrected chi connectivity index (χ2v) is 13.1. The summed E-state index contributed by atoms with van der Waals surface area (Å²) in [7, 11) is 0.0549. The zero-order valence-electron chi connectivity index (χ0n) is 15.8. The van der Waals surface area contributed by atoms with E-state index in [9.17, 15) is 0 Å². The lowest BCUT2D eigenvalue weighted by Gasteiger charge is -2.46. The lowest BCUT2D eigenvalue weighted by atomic mass is 9.94. The van der Waals surface area contributed by atoms with Crippen LogP contribution >= 0.6 is 0 Å². The number of nitrogens with zero attached hydrogens (tertiary/aromatic N) is 1. The molecule has 130 valence electrons. The molecule has 1 aliphatic heterocycles. The predicted octanol–water partition coefficient (Wildman–Crippen LogP) is 4.54. The van der Waals surface area contributed by atoms with Crippen LogP contribution in [0.2, 0.25) is 18.1 Å². The fraction of sp³-hybridized carbons (Fsp3) is 0.684. The summed E-state index contributed by atoms with van der Waals surface area (Å²) in [6, 6.07) is 8.38. The Morgan fingerprint density at radius 1 is 1.17 bits per heavy atom. The molecule has 0 radical (unpaired) electrons. The van der Waals surface area contributed by atoms with Gasteiger partial charge in [-0.3, -0.25) is 4.90 Å². The van der Waals surface area contributed by atoms with E-state index in [0.717, 1.165) is 25.4 Å². The molecule has 0 aromatic heterocycles. The zero-order chi connectivity index (χ0) is 17.3. The van der Waals surface area contributed by atoms with Crippen molar-refractivity contribution in [2.75, 3.05) is 20.2 Å². The molecule has 0 aliphatic carbocycles. The van der Waals surface area contributed by atoms with Gasteiger partial charge in [-0.2, -0.15) is 0 Å². The summed E-state index contributed by atoms with van der Waals surface area (Å²) in [6.07, 6.45) is 0.364. The van der Waals surface area contributed by atoms with E-state index in [0.29, 0.717) is 12.0 Å². The number of ether oxygens (including phenoxy) is 1. The minimum absolute atomic E-state index is 0.286. The van der Waals surface area contributed by atoms with Crippen molar-refractivity contribution >= 4 is 8.32 Å². The maximum absolute atomic E-state index is 6.53. The van der Waals surface area contributed by atoms with Crippen LogP contribution in [0.1, 0.15) is 33.3 Å². The summed E-state index contributed by atoms with van der Waals surface area (Å²) in [4.78, 5) is 2.50. The molecule has 0 amide bonds. The Hall–Kier alpha value is -0.843. The normalized spacial score (nSPS) is 18.6. The minimum atomic E-state index is -1.65. The van der Waals surface area contributed by atoms with Crippen molar-refractivity contribution in [2.45, 2.75) is 58.5 Å². The third-order valence-electron chi connectivity index (χ3n) is 5.50. The molecule has 23 heavy (non-hydrogen) atoms. The molecule has 0 saturated carbocycles. The van der Waals surface area contributed by atoms with Gasteiger partial charge in [0.2, 0.25) is 0 Å². The van der Waals surface area contributed by atoms with E-state index in [1.165, 1.54) is 5.56 Å². The van der Waals surface area contributed by atoms with Crippen LogP contribution in [-0.2, 0) is 11.0 Å². The molecule has 3 nitrogen and oxygen atoms in total. The van der Waals surface area contributed by atoms with Gasteiger partial charge in [-0.25, -0.2) is 0 Å². The first-order valence-electron chi connectivity index (χ1n) is 8.65. The van der Waals surface area contributed by atoms with E-state index in [-0.39, 0.29) is 5.04 Å². The predicted molar refractivity (Wildman–Crippen MR) is 99.5 cm³/mol. The van der Waals surface area contributed by atoms with Crippen LogP contribution in [0, 0.1) is 5.92 Å². The first-order valence-corrected chi connectivity index (χ1v) is 11.6. The van der Waals surface area contributed by atoms with Crippen molar-refractivity contribution in [1.29, 1.82) is 0 Å². The highest BCUT2D eigenvalue weighted by atomic mass is 28.4. The Kier molecular flexibility index (Phi) is 5.59. The van der Waals surface area contributed by atoms with Gasteiger partial charge in [-0.05, 0) is 42.8 Å². The van der Waals surface area contributed by atoms with Crippen LogP contribution in [0.25, 0.3) is 0 Å². The summed E-state index contributed by atoms with van der Waals surface area (Å²) >= 11 is 0. The lowest BCUT2D eigenvalue weighted by molar-refractivity contribution is 0.00713. The molecule has 1 aromatic carbocycles. The highest BCUT2D eigenvalue weighted by Gasteiger charge is 2.41. The summed E-state index contributed by atoms with van der Waals surface area (Å²) in [5, 5.41) is 0.286. The Bertz CT molecular complexity index is 501. The number of methoxy groups -OCH3 is 1. The fourth-order valence-electron chi connectivity index (χ4n) is 2.76. The maximum atomic E-state index is 6.53. The monoisotopic (exact) mass is 335 g/mol. The van der Waals surface area contributed by atoms with Crippen molar-refractivity contribution in [2.24, 2.45) is 5.92 Å². The Morgan fingerprint density at radius 3 is 2.22 bits per heavy atom. The molecule has 1 saturated heterocycles. The van der Waals surface area contributed by atoms with Crippen LogP contribution in [-0.4, -0.2) is 39.5 Å². The highest BCUT2D eigenvalue weighted by Crippen LogP contribution is 2.38. The van der Waals surface area contributed by atoms with Gasteiger partial charge >= 0.3 is 0 Å². The van der Waals surface area contributed by atoms with E-state index in [1.807, 2.05) is 12.1 Å². The first-order chi connectivity index (χ1) is 10.6. The topological polar surface area (TPSA) is 21.7 Å². The van der Waals surface area contributed by atoms with E-state index in [2.05, 4.69) is 57.8 Å². The molecule has 0 spiro atoms. The molecule has 2 rings (SSSR count). The Labute approximate surface area is 143 Å². The molecule has 1 atom stereocenters. The third kappa shape index (κ3) is 4.58.